The van der Waals surface area contributed by atoms with Gasteiger partial charge in [0.25, 0.3) is 0 Å². The maximum absolute atomic E-state index is 12.3. The molecule has 3 aromatic rings. The molecule has 0 unspecified atom stereocenters. The second-order valence-electron chi connectivity index (χ2n) is 5.31. The Morgan fingerprint density at radius 1 is 1.27 bits per heavy atom. The van der Waals surface area contributed by atoms with Gasteiger partial charge in [-0.25, -0.2) is 4.79 Å². The molecule has 0 saturated heterocycles. The summed E-state index contributed by atoms with van der Waals surface area (Å²) in [5, 5.41) is 12.7. The maximum Gasteiger partial charge on any atom is 0.369 e. The van der Waals surface area contributed by atoms with E-state index in [0.717, 1.165) is 9.36 Å². The Morgan fingerprint density at radius 3 is 2.77 bits per heavy atom. The van der Waals surface area contributed by atoms with Crippen LogP contribution in [-0.4, -0.2) is 38.9 Å². The van der Waals surface area contributed by atoms with Gasteiger partial charge in [-0.15, -0.1) is 11.3 Å². The second kappa shape index (κ2) is 6.92. The smallest absolute Gasteiger partial charge is 0.369 e. The number of aromatic nitrogens is 4. The summed E-state index contributed by atoms with van der Waals surface area (Å²) in [4.78, 5) is 24.6. The molecule has 134 valence electrons. The van der Waals surface area contributed by atoms with Gasteiger partial charge in [0.2, 0.25) is 5.91 Å². The summed E-state index contributed by atoms with van der Waals surface area (Å²) in [7, 11) is 0. The molecule has 0 bridgehead atoms. The molecule has 0 spiro atoms. The lowest BCUT2D eigenvalue weighted by Crippen LogP contribution is -2.29. The van der Waals surface area contributed by atoms with Crippen LogP contribution in [0.1, 0.15) is 0 Å². The summed E-state index contributed by atoms with van der Waals surface area (Å²) in [6.45, 7) is 0.669. The molecule has 1 aromatic carbocycles. The van der Waals surface area contributed by atoms with Crippen molar-refractivity contribution in [1.82, 2.24) is 19.8 Å². The molecule has 1 aliphatic rings. The molecule has 0 radical (unpaired) electrons. The number of tetrazole rings is 1. The van der Waals surface area contributed by atoms with Crippen molar-refractivity contribution in [3.05, 3.63) is 44.6 Å². The predicted octanol–water partition coefficient (Wildman–Crippen LogP) is 1.66. The van der Waals surface area contributed by atoms with E-state index in [9.17, 15) is 9.59 Å². The van der Waals surface area contributed by atoms with Crippen molar-refractivity contribution in [1.29, 1.82) is 0 Å². The first-order chi connectivity index (χ1) is 12.6. The van der Waals surface area contributed by atoms with Gasteiger partial charge in [-0.3, -0.25) is 4.79 Å². The van der Waals surface area contributed by atoms with Crippen LogP contribution in [0.2, 0.25) is 0 Å². The van der Waals surface area contributed by atoms with Crippen molar-refractivity contribution in [2.24, 2.45) is 0 Å². The molecule has 3 heterocycles. The third kappa shape index (κ3) is 3.22. The van der Waals surface area contributed by atoms with E-state index >= 15 is 0 Å². The van der Waals surface area contributed by atoms with Crippen LogP contribution in [0.15, 0.2) is 38.9 Å². The summed E-state index contributed by atoms with van der Waals surface area (Å²) < 4.78 is 13.8. The largest absolute Gasteiger partial charge is 0.486 e. The molecule has 9 nitrogen and oxygen atoms in total. The average Bonchev–Trinajstić information content (AvgIpc) is 3.26. The molecule has 26 heavy (non-hydrogen) atoms. The van der Waals surface area contributed by atoms with E-state index in [1.54, 1.807) is 24.3 Å². The number of carbonyl (C=O) groups is 1. The number of thiophene rings is 1. The number of carbonyl (C=O) groups excluding carboxylic acids is 1. The van der Waals surface area contributed by atoms with Crippen LogP contribution in [-0.2, 0) is 11.3 Å². The van der Waals surface area contributed by atoms with Crippen molar-refractivity contribution >= 4 is 38.9 Å². The van der Waals surface area contributed by atoms with Crippen molar-refractivity contribution in [2.45, 2.75) is 6.54 Å². The number of hydrogen-bond donors (Lipinski definition) is 1. The van der Waals surface area contributed by atoms with E-state index in [1.807, 2.05) is 5.38 Å². The molecule has 11 heteroatoms. The lowest BCUT2D eigenvalue weighted by atomic mass is 10.2. The highest BCUT2D eigenvalue weighted by atomic mass is 79.9. The number of benzene rings is 1. The Kier molecular flexibility index (Phi) is 4.47. The number of nitrogens with one attached hydrogen (secondary N) is 1. The number of rotatable bonds is 4. The lowest BCUT2D eigenvalue weighted by molar-refractivity contribution is -0.117. The van der Waals surface area contributed by atoms with Crippen LogP contribution in [0.5, 0.6) is 11.5 Å². The average molecular weight is 438 g/mol. The molecule has 0 fully saturated rings. The number of ether oxygens (including phenoxy) is 2. The zero-order valence-corrected chi connectivity index (χ0v) is 15.6. The van der Waals surface area contributed by atoms with E-state index in [4.69, 9.17) is 9.47 Å². The maximum atomic E-state index is 12.3. The quantitative estimate of drug-likeness (QED) is 0.665. The Morgan fingerprint density at radius 2 is 2.04 bits per heavy atom. The van der Waals surface area contributed by atoms with Gasteiger partial charge in [-0.05, 0) is 43.9 Å². The molecule has 0 atom stereocenters. The molecule has 1 N–H and O–H groups in total. The SMILES string of the molecule is O=C(Cn1nnn(-c2cccs2)c1=O)Nc1cc2c(cc1Br)OCCO2. The first kappa shape index (κ1) is 16.8. The lowest BCUT2D eigenvalue weighted by Gasteiger charge is -2.20. The monoisotopic (exact) mass is 437 g/mol. The minimum Gasteiger partial charge on any atom is -0.486 e. The van der Waals surface area contributed by atoms with Crippen LogP contribution in [0.4, 0.5) is 5.69 Å². The standard InChI is InChI=1S/C15H12BrN5O4S/c16-9-6-11-12(25-4-3-24-11)7-10(9)17-13(22)8-20-15(23)21(19-18-20)14-2-1-5-26-14/h1-2,5-7H,3-4,8H2,(H,17,22). The Labute approximate surface area is 159 Å². The van der Waals surface area contributed by atoms with Crippen molar-refractivity contribution < 1.29 is 14.3 Å². The minimum absolute atomic E-state index is 0.259. The Bertz CT molecular complexity index is 1010. The Balaban J connectivity index is 1.51. The molecular formula is C15H12BrN5O4S. The van der Waals surface area contributed by atoms with Crippen LogP contribution < -0.4 is 20.5 Å². The van der Waals surface area contributed by atoms with Gasteiger partial charge in [0.1, 0.15) is 24.8 Å². The van der Waals surface area contributed by atoms with Gasteiger partial charge < -0.3 is 14.8 Å². The van der Waals surface area contributed by atoms with E-state index in [2.05, 4.69) is 31.7 Å². The van der Waals surface area contributed by atoms with Gasteiger partial charge in [-0.1, -0.05) is 0 Å². The second-order valence-corrected chi connectivity index (χ2v) is 7.09. The zero-order chi connectivity index (χ0) is 18.1. The normalized spacial score (nSPS) is 12.8. The van der Waals surface area contributed by atoms with Gasteiger partial charge >= 0.3 is 5.69 Å². The van der Waals surface area contributed by atoms with Crippen LogP contribution in [0.25, 0.3) is 5.00 Å². The predicted molar refractivity (Wildman–Crippen MR) is 97.3 cm³/mol. The molecule has 2 aromatic heterocycles. The third-order valence-electron chi connectivity index (χ3n) is 3.55. The highest BCUT2D eigenvalue weighted by Crippen LogP contribution is 2.38. The summed E-state index contributed by atoms with van der Waals surface area (Å²) in [5.41, 5.74) is 0.0294. The zero-order valence-electron chi connectivity index (χ0n) is 13.2. The van der Waals surface area contributed by atoms with Crippen molar-refractivity contribution in [3.8, 4) is 16.5 Å². The highest BCUT2D eigenvalue weighted by molar-refractivity contribution is 9.10. The van der Waals surface area contributed by atoms with E-state index < -0.39 is 11.6 Å². The van der Waals surface area contributed by atoms with Gasteiger partial charge in [0, 0.05) is 16.6 Å². The minimum atomic E-state index is -0.483. The fourth-order valence-corrected chi connectivity index (χ4v) is 3.48. The number of nitrogens with zero attached hydrogens (tertiary/aromatic N) is 4. The number of amides is 1. The summed E-state index contributed by atoms with van der Waals surface area (Å²) in [5.74, 6) is 0.745. The third-order valence-corrected chi connectivity index (χ3v) is 5.05. The van der Waals surface area contributed by atoms with Crippen molar-refractivity contribution in [2.75, 3.05) is 18.5 Å². The summed E-state index contributed by atoms with van der Waals surface area (Å²) >= 11 is 4.74. The fraction of sp³-hybridized carbons (Fsp3) is 0.200. The first-order valence-electron chi connectivity index (χ1n) is 7.57. The van der Waals surface area contributed by atoms with E-state index in [0.29, 0.717) is 39.9 Å². The van der Waals surface area contributed by atoms with Gasteiger partial charge in [-0.2, -0.15) is 9.36 Å². The Hall–Kier alpha value is -2.66. The molecule has 1 aliphatic heterocycles. The van der Waals surface area contributed by atoms with Gasteiger partial charge in [0.05, 0.1) is 5.69 Å². The summed E-state index contributed by atoms with van der Waals surface area (Å²) in [6.07, 6.45) is 0. The molecule has 1 amide bonds. The van der Waals surface area contributed by atoms with Crippen LogP contribution in [0, 0.1) is 0 Å². The number of hydrogen-bond acceptors (Lipinski definition) is 7. The first-order valence-corrected chi connectivity index (χ1v) is 9.25. The van der Waals surface area contributed by atoms with Crippen molar-refractivity contribution in [3.63, 3.8) is 0 Å². The molecule has 0 saturated carbocycles. The molecule has 4 rings (SSSR count). The summed E-state index contributed by atoms with van der Waals surface area (Å²) in [6, 6.07) is 6.94. The molecular weight excluding hydrogens is 426 g/mol. The number of fused-ring (bicyclic) bond motifs is 1. The van der Waals surface area contributed by atoms with Crippen LogP contribution >= 0.6 is 27.3 Å². The van der Waals surface area contributed by atoms with E-state index in [1.165, 1.54) is 11.3 Å². The topological polar surface area (TPSA) is 100 Å². The highest BCUT2D eigenvalue weighted by Gasteiger charge is 2.17. The van der Waals surface area contributed by atoms with Crippen LogP contribution in [0.3, 0.4) is 0 Å². The van der Waals surface area contributed by atoms with E-state index in [-0.39, 0.29) is 6.54 Å². The van der Waals surface area contributed by atoms with Gasteiger partial charge in [0.15, 0.2) is 11.5 Å². The molecule has 0 aliphatic carbocycles. The fourth-order valence-electron chi connectivity index (χ4n) is 2.39. The number of halogens is 1. The number of anilines is 1.